The molecule has 0 bridgehead atoms. The molecule has 0 saturated carbocycles. The van der Waals surface area contributed by atoms with E-state index in [4.69, 9.17) is 5.73 Å². The molecular formula is C19H27N5O2. The van der Waals surface area contributed by atoms with Crippen LogP contribution in [0, 0.1) is 12.8 Å². The molecule has 0 aliphatic heterocycles. The minimum Gasteiger partial charge on any atom is -0.349 e. The number of H-pyrrole nitrogens is 1. The summed E-state index contributed by atoms with van der Waals surface area (Å²) in [5, 5.41) is 2.98. The molecule has 0 spiro atoms. The topological polar surface area (TPSA) is 114 Å². The summed E-state index contributed by atoms with van der Waals surface area (Å²) in [4.78, 5) is 36.0. The summed E-state index contributed by atoms with van der Waals surface area (Å²) in [6.45, 7) is 8.10. The van der Waals surface area contributed by atoms with Crippen LogP contribution in [0.4, 0.5) is 0 Å². The maximum Gasteiger partial charge on any atom is 0.254 e. The average molecular weight is 357 g/mol. The summed E-state index contributed by atoms with van der Waals surface area (Å²) in [6.07, 6.45) is 3.84. The van der Waals surface area contributed by atoms with Crippen molar-refractivity contribution in [2.75, 3.05) is 6.54 Å². The molecule has 1 amide bonds. The molecule has 0 aromatic carbocycles. The molecule has 7 nitrogen and oxygen atoms in total. The van der Waals surface area contributed by atoms with E-state index in [0.29, 0.717) is 30.0 Å². The summed E-state index contributed by atoms with van der Waals surface area (Å²) in [5.74, 6) is 0.563. The lowest BCUT2D eigenvalue weighted by molar-refractivity contribution is -0.123. The fraction of sp³-hybridized carbons (Fsp3) is 0.474. The van der Waals surface area contributed by atoms with E-state index >= 15 is 0 Å². The van der Waals surface area contributed by atoms with E-state index in [2.05, 4.69) is 20.3 Å². The van der Waals surface area contributed by atoms with Gasteiger partial charge in [0.1, 0.15) is 5.82 Å². The van der Waals surface area contributed by atoms with Gasteiger partial charge in [-0.3, -0.25) is 14.6 Å². The van der Waals surface area contributed by atoms with Gasteiger partial charge in [0.05, 0.1) is 5.54 Å². The monoisotopic (exact) mass is 357 g/mol. The Morgan fingerprint density at radius 1 is 1.42 bits per heavy atom. The number of nitrogens with zero attached hydrogens (tertiary/aromatic N) is 2. The molecule has 1 atom stereocenters. The number of rotatable bonds is 7. The molecule has 2 heterocycles. The second-order valence-corrected chi connectivity index (χ2v) is 7.04. The van der Waals surface area contributed by atoms with Gasteiger partial charge < -0.3 is 16.0 Å². The lowest BCUT2D eigenvalue weighted by atomic mass is 9.88. The van der Waals surface area contributed by atoms with Crippen molar-refractivity contribution in [1.29, 1.82) is 0 Å². The number of hydrogen-bond donors (Lipinski definition) is 3. The van der Waals surface area contributed by atoms with Crippen LogP contribution in [-0.4, -0.2) is 32.9 Å². The highest BCUT2D eigenvalue weighted by molar-refractivity contribution is 5.77. The van der Waals surface area contributed by atoms with Gasteiger partial charge in [-0.25, -0.2) is 4.98 Å². The maximum atomic E-state index is 12.4. The van der Waals surface area contributed by atoms with E-state index in [0.717, 1.165) is 5.56 Å². The SMILES string of the molecule is Cc1nc(-c2cccnc2)[nH]c(=O)c1CCC(=O)NC(C)(CN)C(C)C. The number of pyridine rings is 1. The van der Waals surface area contributed by atoms with Crippen molar-refractivity contribution in [3.8, 4) is 11.4 Å². The molecule has 0 aliphatic rings. The molecular weight excluding hydrogens is 330 g/mol. The van der Waals surface area contributed by atoms with E-state index in [9.17, 15) is 9.59 Å². The number of amides is 1. The zero-order valence-electron chi connectivity index (χ0n) is 15.8. The van der Waals surface area contributed by atoms with E-state index in [1.165, 1.54) is 0 Å². The van der Waals surface area contributed by atoms with Crippen molar-refractivity contribution in [1.82, 2.24) is 20.3 Å². The first kappa shape index (κ1) is 19.8. The molecule has 26 heavy (non-hydrogen) atoms. The Morgan fingerprint density at radius 2 is 2.15 bits per heavy atom. The van der Waals surface area contributed by atoms with E-state index in [1.807, 2.05) is 26.8 Å². The highest BCUT2D eigenvalue weighted by Crippen LogP contribution is 2.16. The van der Waals surface area contributed by atoms with Crippen molar-refractivity contribution >= 4 is 5.91 Å². The Kier molecular flexibility index (Phi) is 6.26. The lowest BCUT2D eigenvalue weighted by Crippen LogP contribution is -2.55. The van der Waals surface area contributed by atoms with Crippen molar-refractivity contribution in [3.63, 3.8) is 0 Å². The second-order valence-electron chi connectivity index (χ2n) is 7.04. The number of aromatic amines is 1. The minimum absolute atomic E-state index is 0.123. The molecule has 0 aliphatic carbocycles. The van der Waals surface area contributed by atoms with Crippen LogP contribution >= 0.6 is 0 Å². The Hall–Kier alpha value is -2.54. The first-order valence-electron chi connectivity index (χ1n) is 8.78. The van der Waals surface area contributed by atoms with E-state index < -0.39 is 5.54 Å². The van der Waals surface area contributed by atoms with Crippen LogP contribution in [0.2, 0.25) is 0 Å². The fourth-order valence-electron chi connectivity index (χ4n) is 2.60. The number of hydrogen-bond acceptors (Lipinski definition) is 5. The van der Waals surface area contributed by atoms with Crippen LogP contribution in [0.15, 0.2) is 29.3 Å². The van der Waals surface area contributed by atoms with Crippen molar-refractivity contribution < 1.29 is 4.79 Å². The first-order valence-corrected chi connectivity index (χ1v) is 8.78. The summed E-state index contributed by atoms with van der Waals surface area (Å²) in [7, 11) is 0. The normalized spacial score (nSPS) is 13.5. The van der Waals surface area contributed by atoms with Gasteiger partial charge in [-0.15, -0.1) is 0 Å². The summed E-state index contributed by atoms with van der Waals surface area (Å²) in [5.41, 5.74) is 6.99. The fourth-order valence-corrected chi connectivity index (χ4v) is 2.60. The third-order valence-electron chi connectivity index (χ3n) is 4.88. The number of aromatic nitrogens is 3. The van der Waals surface area contributed by atoms with Crippen LogP contribution in [0.25, 0.3) is 11.4 Å². The quantitative estimate of drug-likeness (QED) is 0.696. The van der Waals surface area contributed by atoms with Crippen LogP contribution in [0.1, 0.15) is 38.4 Å². The van der Waals surface area contributed by atoms with E-state index in [-0.39, 0.29) is 23.8 Å². The molecule has 0 fully saturated rings. The minimum atomic E-state index is -0.457. The van der Waals surface area contributed by atoms with Gasteiger partial charge in [-0.2, -0.15) is 0 Å². The van der Waals surface area contributed by atoms with Gasteiger partial charge >= 0.3 is 0 Å². The third-order valence-corrected chi connectivity index (χ3v) is 4.88. The largest absolute Gasteiger partial charge is 0.349 e. The van der Waals surface area contributed by atoms with Crippen LogP contribution in [0.5, 0.6) is 0 Å². The number of nitrogens with one attached hydrogen (secondary N) is 2. The molecule has 2 aromatic heterocycles. The standard InChI is InChI=1S/C19H27N5O2/c1-12(2)19(4,11-20)24-16(25)8-7-15-13(3)22-17(23-18(15)26)14-6-5-9-21-10-14/h5-6,9-10,12H,7-8,11,20H2,1-4H3,(H,24,25)(H,22,23,26). The first-order chi connectivity index (χ1) is 12.3. The highest BCUT2D eigenvalue weighted by atomic mass is 16.1. The van der Waals surface area contributed by atoms with E-state index in [1.54, 1.807) is 25.4 Å². The summed E-state index contributed by atoms with van der Waals surface area (Å²) >= 11 is 0. The molecule has 0 radical (unpaired) electrons. The Balaban J connectivity index is 2.11. The number of aryl methyl sites for hydroxylation is 1. The second kappa shape index (κ2) is 8.23. The van der Waals surface area contributed by atoms with Crippen molar-refractivity contribution in [2.24, 2.45) is 11.7 Å². The molecule has 140 valence electrons. The maximum absolute atomic E-state index is 12.4. The molecule has 2 rings (SSSR count). The zero-order valence-corrected chi connectivity index (χ0v) is 15.8. The average Bonchev–Trinajstić information content (AvgIpc) is 2.61. The van der Waals surface area contributed by atoms with Gasteiger partial charge in [0, 0.05) is 42.2 Å². The Labute approximate surface area is 153 Å². The molecule has 7 heteroatoms. The summed E-state index contributed by atoms with van der Waals surface area (Å²) in [6, 6.07) is 3.61. The van der Waals surface area contributed by atoms with Gasteiger partial charge in [0.2, 0.25) is 5.91 Å². The number of carbonyl (C=O) groups is 1. The van der Waals surface area contributed by atoms with Gasteiger partial charge in [0.25, 0.3) is 5.56 Å². The zero-order chi connectivity index (χ0) is 19.3. The molecule has 0 saturated heterocycles. The molecule has 2 aromatic rings. The molecule has 4 N–H and O–H groups in total. The predicted octanol–water partition coefficient (Wildman–Crippen LogP) is 1.56. The Morgan fingerprint density at radius 3 is 2.69 bits per heavy atom. The Bertz CT molecular complexity index is 816. The number of carbonyl (C=O) groups excluding carboxylic acids is 1. The number of nitrogens with two attached hydrogens (primary N) is 1. The lowest BCUT2D eigenvalue weighted by Gasteiger charge is -2.33. The van der Waals surface area contributed by atoms with Crippen LogP contribution < -0.4 is 16.6 Å². The summed E-state index contributed by atoms with van der Waals surface area (Å²) < 4.78 is 0. The smallest absolute Gasteiger partial charge is 0.254 e. The third kappa shape index (κ3) is 4.54. The van der Waals surface area contributed by atoms with Gasteiger partial charge in [0.15, 0.2) is 0 Å². The van der Waals surface area contributed by atoms with Crippen molar-refractivity contribution in [3.05, 3.63) is 46.1 Å². The highest BCUT2D eigenvalue weighted by Gasteiger charge is 2.28. The van der Waals surface area contributed by atoms with Crippen molar-refractivity contribution in [2.45, 2.75) is 46.1 Å². The van der Waals surface area contributed by atoms with Gasteiger partial charge in [-0.05, 0) is 38.3 Å². The van der Waals surface area contributed by atoms with Crippen LogP contribution in [0.3, 0.4) is 0 Å². The van der Waals surface area contributed by atoms with Crippen LogP contribution in [-0.2, 0) is 11.2 Å². The van der Waals surface area contributed by atoms with Gasteiger partial charge in [-0.1, -0.05) is 13.8 Å². The predicted molar refractivity (Wildman–Crippen MR) is 102 cm³/mol. The molecule has 1 unspecified atom stereocenters.